The van der Waals surface area contributed by atoms with E-state index in [1.807, 2.05) is 6.92 Å². The van der Waals surface area contributed by atoms with Crippen LogP contribution in [0.25, 0.3) is 6.08 Å². The first-order chi connectivity index (χ1) is 9.39. The number of hydrogen-bond acceptors (Lipinski definition) is 3. The molecule has 0 spiro atoms. The van der Waals surface area contributed by atoms with Crippen LogP contribution >= 0.6 is 11.6 Å². The van der Waals surface area contributed by atoms with Crippen molar-refractivity contribution in [3.05, 3.63) is 40.3 Å². The van der Waals surface area contributed by atoms with Gasteiger partial charge in [0.15, 0.2) is 0 Å². The van der Waals surface area contributed by atoms with Crippen LogP contribution in [0.15, 0.2) is 29.7 Å². The highest BCUT2D eigenvalue weighted by Gasteiger charge is 2.30. The van der Waals surface area contributed by atoms with Crippen molar-refractivity contribution in [3.63, 3.8) is 0 Å². The predicted octanol–water partition coefficient (Wildman–Crippen LogP) is 2.37. The molecular weight excluding hydrogens is 296 g/mol. The number of nitrogens with one attached hydrogen (secondary N) is 2. The van der Waals surface area contributed by atoms with Crippen LogP contribution in [0.2, 0.25) is 5.02 Å². The van der Waals surface area contributed by atoms with Crippen LogP contribution in [0.5, 0.6) is 0 Å². The van der Waals surface area contributed by atoms with Gasteiger partial charge in [-0.3, -0.25) is 0 Å². The number of benzene rings is 1. The Morgan fingerprint density at radius 2 is 1.85 bits per heavy atom. The topological polar surface area (TPSA) is 58.2 Å². The molecule has 1 aliphatic rings. The molecule has 20 heavy (non-hydrogen) atoms. The second-order valence-corrected chi connectivity index (χ2v) is 7.31. The highest BCUT2D eigenvalue weighted by Crippen LogP contribution is 2.19. The molecule has 4 nitrogen and oxygen atoms in total. The maximum atomic E-state index is 12.1. The Kier molecular flexibility index (Phi) is 4.86. The van der Waals surface area contributed by atoms with Gasteiger partial charge >= 0.3 is 0 Å². The van der Waals surface area contributed by atoms with Crippen LogP contribution in [-0.2, 0) is 10.0 Å². The maximum Gasteiger partial charge on any atom is 0.234 e. The van der Waals surface area contributed by atoms with Crippen molar-refractivity contribution >= 4 is 27.7 Å². The second kappa shape index (κ2) is 6.26. The van der Waals surface area contributed by atoms with Crippen molar-refractivity contribution in [2.45, 2.75) is 25.3 Å². The minimum atomic E-state index is -3.44. The summed E-state index contributed by atoms with van der Waals surface area (Å²) >= 11 is 5.79. The van der Waals surface area contributed by atoms with Gasteiger partial charge in [0.2, 0.25) is 10.0 Å². The lowest BCUT2D eigenvalue weighted by Crippen LogP contribution is -2.51. The number of sulfonamides is 1. The zero-order chi connectivity index (χ0) is 14.6. The average Bonchev–Trinajstić information content (AvgIpc) is 2.38. The normalized spacial score (nSPS) is 19.3. The molecule has 0 atom stereocenters. The molecule has 2 rings (SSSR count). The predicted molar refractivity (Wildman–Crippen MR) is 83.1 cm³/mol. The highest BCUT2D eigenvalue weighted by atomic mass is 35.5. The third kappa shape index (κ3) is 4.59. The molecule has 0 bridgehead atoms. The largest absolute Gasteiger partial charge is 0.317 e. The van der Waals surface area contributed by atoms with E-state index in [4.69, 9.17) is 11.6 Å². The Bertz CT molecular complexity index is 576. The summed E-state index contributed by atoms with van der Waals surface area (Å²) in [7, 11) is -3.44. The first-order valence-electron chi connectivity index (χ1n) is 6.57. The summed E-state index contributed by atoms with van der Waals surface area (Å²) in [5.41, 5.74) is 0.434. The summed E-state index contributed by atoms with van der Waals surface area (Å²) in [5, 5.41) is 5.07. The van der Waals surface area contributed by atoms with E-state index < -0.39 is 10.0 Å². The van der Waals surface area contributed by atoms with Gasteiger partial charge in [-0.1, -0.05) is 23.7 Å². The summed E-state index contributed by atoms with van der Waals surface area (Å²) in [6.07, 6.45) is 3.16. The fraction of sp³-hybridized carbons (Fsp3) is 0.429. The maximum absolute atomic E-state index is 12.1. The van der Waals surface area contributed by atoms with Crippen molar-refractivity contribution < 1.29 is 8.42 Å². The third-order valence-corrected chi connectivity index (χ3v) is 4.93. The Labute approximate surface area is 125 Å². The fourth-order valence-corrected chi connectivity index (χ4v) is 3.62. The van der Waals surface area contributed by atoms with Crippen LogP contribution in [0.1, 0.15) is 25.3 Å². The van der Waals surface area contributed by atoms with Gasteiger partial charge in [0.05, 0.1) is 0 Å². The Morgan fingerprint density at radius 3 is 2.45 bits per heavy atom. The second-order valence-electron chi connectivity index (χ2n) is 5.31. The van der Waals surface area contributed by atoms with Crippen molar-refractivity contribution in [1.82, 2.24) is 10.0 Å². The summed E-state index contributed by atoms with van der Waals surface area (Å²) in [4.78, 5) is 0. The lowest BCUT2D eigenvalue weighted by molar-refractivity contribution is 0.309. The molecule has 1 fully saturated rings. The van der Waals surface area contributed by atoms with Crippen LogP contribution in [0.3, 0.4) is 0 Å². The molecule has 0 aliphatic carbocycles. The van der Waals surface area contributed by atoms with Gasteiger partial charge in [0.25, 0.3) is 0 Å². The van der Waals surface area contributed by atoms with E-state index in [-0.39, 0.29) is 5.54 Å². The van der Waals surface area contributed by atoms with Crippen LogP contribution in [0.4, 0.5) is 0 Å². The standard InChI is InChI=1S/C14H19ClN2O2S/c1-14(7-9-16-10-8-14)17-20(18,19)11-6-12-2-4-13(15)5-3-12/h2-6,11,16-17H,7-10H2,1H3/b11-6+. The van der Waals surface area contributed by atoms with Crippen molar-refractivity contribution in [1.29, 1.82) is 0 Å². The molecule has 0 amide bonds. The molecule has 0 unspecified atom stereocenters. The van der Waals surface area contributed by atoms with Crippen molar-refractivity contribution in [2.24, 2.45) is 0 Å². The minimum Gasteiger partial charge on any atom is -0.317 e. The van der Waals surface area contributed by atoms with Gasteiger partial charge in [-0.15, -0.1) is 0 Å². The highest BCUT2D eigenvalue weighted by molar-refractivity contribution is 7.92. The molecule has 0 saturated carbocycles. The molecule has 6 heteroatoms. The van der Waals surface area contributed by atoms with Gasteiger partial charge in [0.1, 0.15) is 0 Å². The monoisotopic (exact) mass is 314 g/mol. The van der Waals surface area contributed by atoms with E-state index in [9.17, 15) is 8.42 Å². The number of hydrogen-bond donors (Lipinski definition) is 2. The molecule has 110 valence electrons. The summed E-state index contributed by atoms with van der Waals surface area (Å²) in [5.74, 6) is 0. The van der Waals surface area contributed by atoms with E-state index in [0.29, 0.717) is 5.02 Å². The van der Waals surface area contributed by atoms with Gasteiger partial charge in [-0.05, 0) is 56.6 Å². The van der Waals surface area contributed by atoms with E-state index >= 15 is 0 Å². The Hall–Kier alpha value is -0.880. The minimum absolute atomic E-state index is 0.367. The zero-order valence-electron chi connectivity index (χ0n) is 11.4. The molecule has 1 heterocycles. The molecule has 1 aromatic rings. The quantitative estimate of drug-likeness (QED) is 0.897. The molecule has 1 saturated heterocycles. The molecular formula is C14H19ClN2O2S. The van der Waals surface area contributed by atoms with E-state index in [1.54, 1.807) is 30.3 Å². The molecule has 1 aliphatic heterocycles. The molecule has 0 radical (unpaired) electrons. The zero-order valence-corrected chi connectivity index (χ0v) is 13.0. The van der Waals surface area contributed by atoms with E-state index in [1.165, 1.54) is 5.41 Å². The van der Waals surface area contributed by atoms with Crippen LogP contribution in [-0.4, -0.2) is 27.0 Å². The first-order valence-corrected chi connectivity index (χ1v) is 8.49. The number of piperidine rings is 1. The van der Waals surface area contributed by atoms with Gasteiger partial charge in [0, 0.05) is 16.0 Å². The summed E-state index contributed by atoms with van der Waals surface area (Å²) in [6.45, 7) is 3.61. The third-order valence-electron chi connectivity index (χ3n) is 3.41. The average molecular weight is 315 g/mol. The van der Waals surface area contributed by atoms with E-state index in [0.717, 1.165) is 31.5 Å². The molecule has 1 aromatic carbocycles. The van der Waals surface area contributed by atoms with E-state index in [2.05, 4.69) is 10.0 Å². The fourth-order valence-electron chi connectivity index (χ4n) is 2.20. The Balaban J connectivity index is 2.05. The summed E-state index contributed by atoms with van der Waals surface area (Å²) < 4.78 is 27.0. The Morgan fingerprint density at radius 1 is 1.25 bits per heavy atom. The lowest BCUT2D eigenvalue weighted by Gasteiger charge is -2.34. The number of halogens is 1. The SMILES string of the molecule is CC1(NS(=O)(=O)/C=C/c2ccc(Cl)cc2)CCNCC1. The van der Waals surface area contributed by atoms with Crippen LogP contribution in [0, 0.1) is 0 Å². The van der Waals surface area contributed by atoms with Gasteiger partial charge < -0.3 is 5.32 Å². The van der Waals surface area contributed by atoms with Gasteiger partial charge in [-0.2, -0.15) is 0 Å². The summed E-state index contributed by atoms with van der Waals surface area (Å²) in [6, 6.07) is 7.02. The lowest BCUT2D eigenvalue weighted by atomic mass is 9.92. The van der Waals surface area contributed by atoms with Crippen molar-refractivity contribution in [2.75, 3.05) is 13.1 Å². The molecule has 0 aromatic heterocycles. The van der Waals surface area contributed by atoms with Crippen LogP contribution < -0.4 is 10.0 Å². The number of rotatable bonds is 4. The van der Waals surface area contributed by atoms with Crippen molar-refractivity contribution in [3.8, 4) is 0 Å². The first kappa shape index (κ1) is 15.5. The van der Waals surface area contributed by atoms with Gasteiger partial charge in [-0.25, -0.2) is 13.1 Å². The smallest absolute Gasteiger partial charge is 0.234 e. The molecule has 2 N–H and O–H groups in total.